The predicted molar refractivity (Wildman–Crippen MR) is 197 cm³/mol. The third-order valence-corrected chi connectivity index (χ3v) is 8.80. The number of aromatic nitrogens is 3. The third kappa shape index (κ3) is 8.72. The van der Waals surface area contributed by atoms with E-state index < -0.39 is 54.2 Å². The number of ether oxygens (including phenoxy) is 3. The Morgan fingerprint density at radius 2 is 1.56 bits per heavy atom. The van der Waals surface area contributed by atoms with Crippen molar-refractivity contribution in [2.45, 2.75) is 39.5 Å². The van der Waals surface area contributed by atoms with Gasteiger partial charge in [-0.25, -0.2) is 28.0 Å². The summed E-state index contributed by atoms with van der Waals surface area (Å²) in [6.45, 7) is 4.52. The first kappa shape index (κ1) is 37.6. The van der Waals surface area contributed by atoms with Gasteiger partial charge in [0.1, 0.15) is 30.3 Å². The van der Waals surface area contributed by atoms with Crippen molar-refractivity contribution >= 4 is 40.3 Å². The lowest BCUT2D eigenvalue weighted by Crippen LogP contribution is -2.44. The molecule has 6 aromatic rings. The van der Waals surface area contributed by atoms with Crippen LogP contribution in [0.1, 0.15) is 57.4 Å². The van der Waals surface area contributed by atoms with Gasteiger partial charge in [-0.15, -0.1) is 0 Å². The van der Waals surface area contributed by atoms with Gasteiger partial charge < -0.3 is 19.5 Å². The highest BCUT2D eigenvalue weighted by Crippen LogP contribution is 2.33. The minimum absolute atomic E-state index is 0.0216. The van der Waals surface area contributed by atoms with Crippen molar-refractivity contribution in [3.05, 3.63) is 154 Å². The van der Waals surface area contributed by atoms with Crippen LogP contribution in [-0.2, 0) is 20.9 Å². The molecule has 54 heavy (non-hydrogen) atoms. The average Bonchev–Trinajstić information content (AvgIpc) is 3.60. The fourth-order valence-corrected chi connectivity index (χ4v) is 6.10. The van der Waals surface area contributed by atoms with E-state index in [2.05, 4.69) is 15.4 Å². The second kappa shape index (κ2) is 16.7. The summed E-state index contributed by atoms with van der Waals surface area (Å²) in [5.41, 5.74) is 2.58. The molecule has 0 aliphatic carbocycles. The molecular weight excluding hydrogens is 718 g/mol. The van der Waals surface area contributed by atoms with Crippen LogP contribution in [0, 0.1) is 24.5 Å². The standard InChI is InChI=1S/C41H35ClF2N4O6/c1-24(2)38(54-41(51)27-13-8-5-9-14-27)39(49)47-34(23-53-40(50)26-11-6-4-7-12-26)31-18-28(43)19-33(42)32(31)22-52-36-16-10-15-30-35(17-25(3)46-37(30)36)48-21-29(44)20-45-48/h4-21,24,34,38H,22-23H2,1-3H3,(H,47,49)/t34-,38?/m0/s1. The monoisotopic (exact) mass is 752 g/mol. The summed E-state index contributed by atoms with van der Waals surface area (Å²) in [4.78, 5) is 44.6. The maximum absolute atomic E-state index is 15.2. The molecule has 2 heterocycles. The number of hydrogen-bond donors (Lipinski definition) is 1. The lowest BCUT2D eigenvalue weighted by Gasteiger charge is -2.27. The minimum Gasteiger partial charge on any atom is -0.487 e. The molecule has 13 heteroatoms. The fourth-order valence-electron chi connectivity index (χ4n) is 5.83. The van der Waals surface area contributed by atoms with Crippen LogP contribution in [0.4, 0.5) is 8.78 Å². The second-order valence-electron chi connectivity index (χ2n) is 12.7. The van der Waals surface area contributed by atoms with E-state index in [1.807, 2.05) is 0 Å². The molecule has 6 rings (SSSR count). The van der Waals surface area contributed by atoms with Gasteiger partial charge in [-0.05, 0) is 66.9 Å². The number of hydrogen-bond acceptors (Lipinski definition) is 8. The first-order chi connectivity index (χ1) is 26.0. The van der Waals surface area contributed by atoms with Crippen molar-refractivity contribution in [1.29, 1.82) is 0 Å². The van der Waals surface area contributed by atoms with Crippen LogP contribution >= 0.6 is 11.6 Å². The number of pyridine rings is 1. The Morgan fingerprint density at radius 3 is 2.20 bits per heavy atom. The number of halogens is 3. The molecule has 0 saturated carbocycles. The number of nitrogens with one attached hydrogen (secondary N) is 1. The first-order valence-electron chi connectivity index (χ1n) is 17.0. The third-order valence-electron chi connectivity index (χ3n) is 8.46. The number of benzene rings is 4. The minimum atomic E-state index is -1.27. The zero-order valence-corrected chi connectivity index (χ0v) is 30.2. The van der Waals surface area contributed by atoms with Crippen LogP contribution in [0.3, 0.4) is 0 Å². The SMILES string of the molecule is Cc1cc(-n2cc(F)cn2)c2cccc(OCc3c(Cl)cc(F)cc3[C@H](COC(=O)c3ccccc3)NC(=O)C(OC(=O)c3ccccc3)C(C)C)c2n1. The average molecular weight is 753 g/mol. The quantitative estimate of drug-likeness (QED) is 0.117. The largest absolute Gasteiger partial charge is 0.487 e. The summed E-state index contributed by atoms with van der Waals surface area (Å²) in [6.07, 6.45) is 1.08. The molecule has 0 aliphatic heterocycles. The summed E-state index contributed by atoms with van der Waals surface area (Å²) in [6, 6.07) is 24.5. The van der Waals surface area contributed by atoms with E-state index in [-0.39, 0.29) is 33.9 Å². The molecule has 1 N–H and O–H groups in total. The normalized spacial score (nSPS) is 12.3. The molecule has 0 fully saturated rings. The Kier molecular flexibility index (Phi) is 11.6. The van der Waals surface area contributed by atoms with Crippen molar-refractivity contribution in [2.24, 2.45) is 5.92 Å². The zero-order chi connectivity index (χ0) is 38.4. The van der Waals surface area contributed by atoms with Crippen LogP contribution in [0.15, 0.2) is 109 Å². The first-order valence-corrected chi connectivity index (χ1v) is 17.4. The number of amides is 1. The smallest absolute Gasteiger partial charge is 0.338 e. The molecule has 0 aliphatic rings. The van der Waals surface area contributed by atoms with E-state index in [1.54, 1.807) is 106 Å². The maximum atomic E-state index is 15.2. The summed E-state index contributed by atoms with van der Waals surface area (Å²) in [5, 5.41) is 7.51. The van der Waals surface area contributed by atoms with Crippen molar-refractivity contribution in [1.82, 2.24) is 20.1 Å². The predicted octanol–water partition coefficient (Wildman–Crippen LogP) is 8.14. The number of para-hydroxylation sites is 1. The fraction of sp³-hybridized carbons (Fsp3) is 0.195. The number of rotatable bonds is 13. The summed E-state index contributed by atoms with van der Waals surface area (Å²) in [5.74, 6) is -3.47. The molecular formula is C41H35ClF2N4O6. The van der Waals surface area contributed by atoms with Gasteiger partial charge >= 0.3 is 11.9 Å². The van der Waals surface area contributed by atoms with Gasteiger partial charge in [-0.2, -0.15) is 5.10 Å². The lowest BCUT2D eigenvalue weighted by molar-refractivity contribution is -0.133. The van der Waals surface area contributed by atoms with Gasteiger partial charge in [-0.1, -0.05) is 74.0 Å². The van der Waals surface area contributed by atoms with Crippen molar-refractivity contribution in [3.63, 3.8) is 0 Å². The number of carbonyl (C=O) groups excluding carboxylic acids is 3. The summed E-state index contributed by atoms with van der Waals surface area (Å²) < 4.78 is 48.1. The topological polar surface area (TPSA) is 122 Å². The number of aryl methyl sites for hydroxylation is 1. The van der Waals surface area contributed by atoms with Crippen molar-refractivity contribution in [2.75, 3.05) is 6.61 Å². The molecule has 276 valence electrons. The van der Waals surface area contributed by atoms with Crippen LogP contribution < -0.4 is 10.1 Å². The number of fused-ring (bicyclic) bond motifs is 1. The Hall–Kier alpha value is -6.14. The molecule has 0 radical (unpaired) electrons. The van der Waals surface area contributed by atoms with E-state index in [0.717, 1.165) is 12.3 Å². The van der Waals surface area contributed by atoms with Gasteiger partial charge in [0.25, 0.3) is 5.91 Å². The van der Waals surface area contributed by atoms with E-state index >= 15 is 4.39 Å². The molecule has 2 aromatic heterocycles. The molecule has 0 spiro atoms. The van der Waals surface area contributed by atoms with Gasteiger partial charge in [-0.3, -0.25) is 4.79 Å². The van der Waals surface area contributed by atoms with Crippen molar-refractivity contribution in [3.8, 4) is 11.4 Å². The van der Waals surface area contributed by atoms with Crippen LogP contribution in [0.25, 0.3) is 16.6 Å². The highest BCUT2D eigenvalue weighted by molar-refractivity contribution is 6.31. The van der Waals surface area contributed by atoms with Crippen LogP contribution in [-0.4, -0.2) is 45.3 Å². The number of nitrogens with zero attached hydrogens (tertiary/aromatic N) is 3. The molecule has 0 saturated heterocycles. The summed E-state index contributed by atoms with van der Waals surface area (Å²) in [7, 11) is 0. The van der Waals surface area contributed by atoms with E-state index in [1.165, 1.54) is 16.9 Å². The molecule has 2 atom stereocenters. The Labute approximate surface area is 314 Å². The van der Waals surface area contributed by atoms with E-state index in [4.69, 9.17) is 25.8 Å². The maximum Gasteiger partial charge on any atom is 0.338 e. The van der Waals surface area contributed by atoms with Gasteiger partial charge in [0.15, 0.2) is 11.9 Å². The summed E-state index contributed by atoms with van der Waals surface area (Å²) >= 11 is 6.67. The Balaban J connectivity index is 1.33. The van der Waals surface area contributed by atoms with Crippen LogP contribution in [0.2, 0.25) is 5.02 Å². The molecule has 1 unspecified atom stereocenters. The lowest BCUT2D eigenvalue weighted by atomic mass is 9.99. The molecule has 0 bridgehead atoms. The van der Waals surface area contributed by atoms with Gasteiger partial charge in [0, 0.05) is 16.6 Å². The van der Waals surface area contributed by atoms with Gasteiger partial charge in [0.05, 0.1) is 40.3 Å². The van der Waals surface area contributed by atoms with Crippen LogP contribution in [0.5, 0.6) is 5.75 Å². The highest BCUT2D eigenvalue weighted by Gasteiger charge is 2.31. The Bertz CT molecular complexity index is 2300. The number of esters is 2. The van der Waals surface area contributed by atoms with E-state index in [0.29, 0.717) is 28.0 Å². The zero-order valence-electron chi connectivity index (χ0n) is 29.5. The molecule has 10 nitrogen and oxygen atoms in total. The van der Waals surface area contributed by atoms with E-state index in [9.17, 15) is 18.8 Å². The number of carbonyl (C=O) groups is 3. The Morgan fingerprint density at radius 1 is 0.870 bits per heavy atom. The highest BCUT2D eigenvalue weighted by atomic mass is 35.5. The van der Waals surface area contributed by atoms with Gasteiger partial charge in [0.2, 0.25) is 0 Å². The molecule has 1 amide bonds. The molecule has 4 aromatic carbocycles. The second-order valence-corrected chi connectivity index (χ2v) is 13.2. The van der Waals surface area contributed by atoms with Crippen molar-refractivity contribution < 1.29 is 37.4 Å².